The van der Waals surface area contributed by atoms with Crippen molar-refractivity contribution in [2.75, 3.05) is 20.1 Å². The molecule has 0 aliphatic carbocycles. The largest absolute Gasteiger partial charge is 0.339 e. The Bertz CT molecular complexity index is 778. The van der Waals surface area contributed by atoms with Crippen LogP contribution in [0.1, 0.15) is 41.9 Å². The smallest absolute Gasteiger partial charge is 0.223 e. The quantitative estimate of drug-likeness (QED) is 0.838. The lowest BCUT2D eigenvalue weighted by molar-refractivity contribution is -0.130. The average molecular weight is 348 g/mol. The molecule has 2 aliphatic heterocycles. The molecule has 2 heterocycles. The summed E-state index contributed by atoms with van der Waals surface area (Å²) in [5.41, 5.74) is 4.01. The van der Waals surface area contributed by atoms with E-state index in [9.17, 15) is 4.79 Å². The molecule has 26 heavy (non-hydrogen) atoms. The first kappa shape index (κ1) is 17.3. The first-order valence-corrected chi connectivity index (χ1v) is 9.68. The molecular weight excluding hydrogens is 320 g/mol. The number of carbonyl (C=O) groups excluding carboxylic acids is 1. The van der Waals surface area contributed by atoms with Crippen molar-refractivity contribution in [3.05, 3.63) is 71.3 Å². The summed E-state index contributed by atoms with van der Waals surface area (Å²) in [7, 11) is 2.02. The predicted molar refractivity (Wildman–Crippen MR) is 105 cm³/mol. The van der Waals surface area contributed by atoms with E-state index < -0.39 is 0 Å². The molecule has 0 bridgehead atoms. The van der Waals surface area contributed by atoms with Gasteiger partial charge in [0.1, 0.15) is 0 Å². The molecule has 1 atom stereocenters. The van der Waals surface area contributed by atoms with E-state index in [-0.39, 0.29) is 5.54 Å². The van der Waals surface area contributed by atoms with E-state index in [4.69, 9.17) is 0 Å². The van der Waals surface area contributed by atoms with Gasteiger partial charge in [-0.3, -0.25) is 9.69 Å². The lowest BCUT2D eigenvalue weighted by Gasteiger charge is -2.47. The number of benzene rings is 2. The van der Waals surface area contributed by atoms with E-state index in [2.05, 4.69) is 71.3 Å². The van der Waals surface area contributed by atoms with Gasteiger partial charge in [0.25, 0.3) is 0 Å². The Balaban J connectivity index is 1.51. The number of hydrogen-bond acceptors (Lipinski definition) is 2. The van der Waals surface area contributed by atoms with Gasteiger partial charge in [-0.25, -0.2) is 0 Å². The summed E-state index contributed by atoms with van der Waals surface area (Å²) < 4.78 is 0. The van der Waals surface area contributed by atoms with Crippen molar-refractivity contribution in [3.8, 4) is 0 Å². The fraction of sp³-hybridized carbons (Fsp3) is 0.435. The zero-order chi connectivity index (χ0) is 18.1. The Morgan fingerprint density at radius 1 is 1.04 bits per heavy atom. The zero-order valence-corrected chi connectivity index (χ0v) is 15.8. The van der Waals surface area contributed by atoms with Crippen LogP contribution < -0.4 is 0 Å². The Morgan fingerprint density at radius 3 is 2.46 bits per heavy atom. The molecule has 4 rings (SSSR count). The lowest BCUT2D eigenvalue weighted by Crippen LogP contribution is -2.53. The van der Waals surface area contributed by atoms with E-state index in [1.807, 2.05) is 7.05 Å². The number of amides is 1. The van der Waals surface area contributed by atoms with Crippen LogP contribution in [0.2, 0.25) is 0 Å². The summed E-state index contributed by atoms with van der Waals surface area (Å²) in [5, 5.41) is 0. The molecule has 136 valence electrons. The van der Waals surface area contributed by atoms with Crippen LogP contribution in [0.5, 0.6) is 0 Å². The van der Waals surface area contributed by atoms with Gasteiger partial charge in [0.2, 0.25) is 5.91 Å². The third-order valence-electron chi connectivity index (χ3n) is 6.48. The monoisotopic (exact) mass is 348 g/mol. The van der Waals surface area contributed by atoms with Crippen LogP contribution in [-0.4, -0.2) is 41.4 Å². The molecular formula is C23H28N2O. The maximum Gasteiger partial charge on any atom is 0.223 e. The minimum absolute atomic E-state index is 0.0124. The zero-order valence-electron chi connectivity index (χ0n) is 15.8. The van der Waals surface area contributed by atoms with Gasteiger partial charge < -0.3 is 4.90 Å². The number of nitrogens with zero attached hydrogens (tertiary/aromatic N) is 2. The van der Waals surface area contributed by atoms with Crippen LogP contribution in [0.3, 0.4) is 0 Å². The molecule has 2 aromatic rings. The third kappa shape index (κ3) is 3.05. The van der Waals surface area contributed by atoms with Crippen LogP contribution >= 0.6 is 0 Å². The maximum atomic E-state index is 12.6. The van der Waals surface area contributed by atoms with Crippen LogP contribution in [-0.2, 0) is 11.3 Å². The van der Waals surface area contributed by atoms with Crippen molar-refractivity contribution < 1.29 is 4.79 Å². The van der Waals surface area contributed by atoms with Crippen LogP contribution in [0, 0.1) is 6.92 Å². The van der Waals surface area contributed by atoms with Crippen LogP contribution in [0.25, 0.3) is 0 Å². The fourth-order valence-electron chi connectivity index (χ4n) is 4.95. The second kappa shape index (κ2) is 6.88. The molecule has 1 spiro atoms. The van der Waals surface area contributed by atoms with Crippen molar-refractivity contribution in [1.82, 2.24) is 9.80 Å². The summed E-state index contributed by atoms with van der Waals surface area (Å²) in [5.74, 6) is 0.619. The second-order valence-electron chi connectivity index (χ2n) is 7.99. The van der Waals surface area contributed by atoms with Crippen molar-refractivity contribution in [2.45, 2.75) is 44.2 Å². The molecule has 2 saturated heterocycles. The average Bonchev–Trinajstić information content (AvgIpc) is 2.90. The van der Waals surface area contributed by atoms with Crippen molar-refractivity contribution >= 4 is 5.91 Å². The number of likely N-dealkylation sites (N-methyl/N-ethyl adjacent to an activating group) is 1. The highest BCUT2D eigenvalue weighted by Gasteiger charge is 2.52. The molecule has 2 aliphatic rings. The minimum Gasteiger partial charge on any atom is -0.339 e. The Morgan fingerprint density at radius 2 is 1.77 bits per heavy atom. The molecule has 0 radical (unpaired) electrons. The highest BCUT2D eigenvalue weighted by molar-refractivity contribution is 5.81. The summed E-state index contributed by atoms with van der Waals surface area (Å²) in [6.07, 6.45) is 2.76. The van der Waals surface area contributed by atoms with Crippen molar-refractivity contribution in [3.63, 3.8) is 0 Å². The van der Waals surface area contributed by atoms with Gasteiger partial charge >= 0.3 is 0 Å². The van der Waals surface area contributed by atoms with Gasteiger partial charge in [-0.15, -0.1) is 0 Å². The van der Waals surface area contributed by atoms with E-state index in [0.29, 0.717) is 18.2 Å². The van der Waals surface area contributed by atoms with Gasteiger partial charge in [0, 0.05) is 39.0 Å². The highest BCUT2D eigenvalue weighted by Crippen LogP contribution is 2.48. The maximum absolute atomic E-state index is 12.6. The van der Waals surface area contributed by atoms with Gasteiger partial charge in [-0.05, 0) is 30.9 Å². The summed E-state index contributed by atoms with van der Waals surface area (Å²) in [6.45, 7) is 5.26. The lowest BCUT2D eigenvalue weighted by atomic mass is 9.73. The Hall–Kier alpha value is -2.13. The summed E-state index contributed by atoms with van der Waals surface area (Å²) in [4.78, 5) is 17.2. The minimum atomic E-state index is -0.0124. The molecule has 0 aromatic heterocycles. The number of carbonyl (C=O) groups is 1. The van der Waals surface area contributed by atoms with E-state index in [1.165, 1.54) is 16.7 Å². The number of hydrogen-bond donors (Lipinski definition) is 0. The summed E-state index contributed by atoms with van der Waals surface area (Å²) >= 11 is 0. The Kier molecular flexibility index (Phi) is 4.58. The van der Waals surface area contributed by atoms with Gasteiger partial charge in [-0.2, -0.15) is 0 Å². The third-order valence-corrected chi connectivity index (χ3v) is 6.48. The summed E-state index contributed by atoms with van der Waals surface area (Å²) in [6, 6.07) is 19.4. The Labute approximate surface area is 156 Å². The van der Waals surface area contributed by atoms with Gasteiger partial charge in [0.15, 0.2) is 0 Å². The molecule has 2 aromatic carbocycles. The molecule has 0 unspecified atom stereocenters. The SMILES string of the molecule is Cc1cccc(CN2CCC3(CC2)[C@@H](c2ccccc2)CC(=O)N3C)c1. The number of aryl methyl sites for hydroxylation is 1. The predicted octanol–water partition coefficient (Wildman–Crippen LogP) is 3.98. The topological polar surface area (TPSA) is 23.6 Å². The number of likely N-dealkylation sites (tertiary alicyclic amines) is 2. The molecule has 3 heteroatoms. The molecule has 3 nitrogen and oxygen atoms in total. The van der Waals surface area contributed by atoms with Crippen molar-refractivity contribution in [1.29, 1.82) is 0 Å². The molecule has 0 N–H and O–H groups in total. The number of piperidine rings is 1. The fourth-order valence-corrected chi connectivity index (χ4v) is 4.95. The first-order valence-electron chi connectivity index (χ1n) is 9.68. The molecule has 2 fully saturated rings. The van der Waals surface area contributed by atoms with E-state index >= 15 is 0 Å². The van der Waals surface area contributed by atoms with E-state index in [1.54, 1.807) is 0 Å². The second-order valence-corrected chi connectivity index (χ2v) is 7.99. The van der Waals surface area contributed by atoms with E-state index in [0.717, 1.165) is 32.5 Å². The molecule has 1 amide bonds. The first-order chi connectivity index (χ1) is 12.6. The standard InChI is InChI=1S/C23H28N2O/c1-18-7-6-8-19(15-18)17-25-13-11-23(12-14-25)21(16-22(26)24(23)2)20-9-4-3-5-10-20/h3-10,15,21H,11-14,16-17H2,1-2H3/t21-/m1/s1. The van der Waals surface area contributed by atoms with Crippen molar-refractivity contribution in [2.24, 2.45) is 0 Å². The molecule has 0 saturated carbocycles. The van der Waals surface area contributed by atoms with Crippen LogP contribution in [0.15, 0.2) is 54.6 Å². The highest BCUT2D eigenvalue weighted by atomic mass is 16.2. The number of rotatable bonds is 3. The van der Waals surface area contributed by atoms with Gasteiger partial charge in [0.05, 0.1) is 5.54 Å². The normalized spacial score (nSPS) is 22.9. The van der Waals surface area contributed by atoms with Gasteiger partial charge in [-0.1, -0.05) is 60.2 Å². The van der Waals surface area contributed by atoms with Crippen LogP contribution in [0.4, 0.5) is 0 Å².